The Bertz CT molecular complexity index is 900. The fourth-order valence-corrected chi connectivity index (χ4v) is 3.40. The van der Waals surface area contributed by atoms with Crippen LogP contribution in [-0.2, 0) is 10.0 Å². The average Bonchev–Trinajstić information content (AvgIpc) is 2.87. The van der Waals surface area contributed by atoms with Gasteiger partial charge in [-0.15, -0.1) is 11.8 Å². The molecular weight excluding hydrogens is 356 g/mol. The molecule has 0 radical (unpaired) electrons. The maximum Gasteiger partial charge on any atom is 0.232 e. The lowest BCUT2D eigenvalue weighted by Crippen LogP contribution is -2.26. The summed E-state index contributed by atoms with van der Waals surface area (Å²) in [5, 5.41) is 13.7. The fourth-order valence-electron chi connectivity index (χ4n) is 2.06. The lowest BCUT2D eigenvalue weighted by molar-refractivity contribution is 0.600. The smallest absolute Gasteiger partial charge is 0.232 e. The molecule has 23 heavy (non-hydrogen) atoms. The van der Waals surface area contributed by atoms with E-state index < -0.39 is 10.0 Å². The monoisotopic (exact) mass is 370 g/mol. The van der Waals surface area contributed by atoms with Crippen molar-refractivity contribution < 1.29 is 8.42 Å². The van der Waals surface area contributed by atoms with E-state index in [2.05, 4.69) is 5.10 Å². The van der Waals surface area contributed by atoms with Gasteiger partial charge in [0.25, 0.3) is 0 Å². The molecule has 0 saturated carbocycles. The van der Waals surface area contributed by atoms with E-state index in [1.807, 2.05) is 19.2 Å². The van der Waals surface area contributed by atoms with Crippen molar-refractivity contribution in [3.63, 3.8) is 0 Å². The first-order valence-electron chi connectivity index (χ1n) is 6.47. The van der Waals surface area contributed by atoms with Gasteiger partial charge in [-0.25, -0.2) is 13.1 Å². The summed E-state index contributed by atoms with van der Waals surface area (Å²) in [6.45, 7) is 1.83. The highest BCUT2D eigenvalue weighted by Gasteiger charge is 2.21. The minimum Gasteiger partial charge on any atom is -0.271 e. The number of hydrogen-bond donors (Lipinski definition) is 0. The molecule has 0 aliphatic rings. The zero-order valence-electron chi connectivity index (χ0n) is 13.0. The third-order valence-electron chi connectivity index (χ3n) is 3.26. The summed E-state index contributed by atoms with van der Waals surface area (Å²) < 4.78 is 26.4. The molecule has 122 valence electrons. The molecule has 0 aliphatic carbocycles. The minimum absolute atomic E-state index is 0.266. The van der Waals surface area contributed by atoms with E-state index in [0.717, 1.165) is 16.1 Å². The lowest BCUT2D eigenvalue weighted by atomic mass is 10.2. The molecule has 0 spiro atoms. The van der Waals surface area contributed by atoms with Gasteiger partial charge in [0.1, 0.15) is 11.8 Å². The second-order valence-electron chi connectivity index (χ2n) is 4.95. The summed E-state index contributed by atoms with van der Waals surface area (Å²) in [4.78, 5) is 0.692. The van der Waals surface area contributed by atoms with Crippen LogP contribution in [0.25, 0.3) is 5.69 Å². The molecule has 0 bridgehead atoms. The van der Waals surface area contributed by atoms with Gasteiger partial charge in [0, 0.05) is 13.2 Å². The van der Waals surface area contributed by atoms with Gasteiger partial charge in [-0.2, -0.15) is 10.4 Å². The summed E-state index contributed by atoms with van der Waals surface area (Å²) in [5.41, 5.74) is 1.91. The predicted molar refractivity (Wildman–Crippen MR) is 93.1 cm³/mol. The van der Waals surface area contributed by atoms with Gasteiger partial charge in [0.15, 0.2) is 5.69 Å². The summed E-state index contributed by atoms with van der Waals surface area (Å²) in [5.74, 6) is 0. The molecule has 0 fully saturated rings. The summed E-state index contributed by atoms with van der Waals surface area (Å²) >= 11 is 7.72. The van der Waals surface area contributed by atoms with E-state index in [1.54, 1.807) is 18.3 Å². The van der Waals surface area contributed by atoms with Gasteiger partial charge < -0.3 is 0 Å². The molecule has 0 unspecified atom stereocenters. The van der Waals surface area contributed by atoms with Crippen LogP contribution in [0.1, 0.15) is 11.3 Å². The second-order valence-corrected chi connectivity index (χ2v) is 8.22. The Morgan fingerprint density at radius 1 is 1.43 bits per heavy atom. The SMILES string of the molecule is CSc1cn(-c2c(Cl)cc(C)cc2N(C)S(C)(=O)=O)nc1C#N. The summed E-state index contributed by atoms with van der Waals surface area (Å²) in [6.07, 6.45) is 4.62. The van der Waals surface area contributed by atoms with E-state index in [1.165, 1.54) is 23.5 Å². The number of hydrogen-bond acceptors (Lipinski definition) is 5. The molecule has 2 rings (SSSR count). The maximum absolute atomic E-state index is 11.9. The Kier molecular flexibility index (Phi) is 4.94. The van der Waals surface area contributed by atoms with Crippen molar-refractivity contribution in [2.24, 2.45) is 0 Å². The molecule has 0 amide bonds. The molecule has 2 aromatic rings. The van der Waals surface area contributed by atoms with E-state index in [-0.39, 0.29) is 5.69 Å². The second kappa shape index (κ2) is 6.43. The zero-order valence-corrected chi connectivity index (χ0v) is 15.4. The van der Waals surface area contributed by atoms with Gasteiger partial charge in [-0.1, -0.05) is 11.6 Å². The molecule has 0 N–H and O–H groups in total. The van der Waals surface area contributed by atoms with Crippen LogP contribution in [0, 0.1) is 18.3 Å². The number of halogens is 1. The number of benzene rings is 1. The fraction of sp³-hybridized carbons (Fsp3) is 0.286. The first-order chi connectivity index (χ1) is 10.7. The van der Waals surface area contributed by atoms with Gasteiger partial charge in [-0.05, 0) is 30.9 Å². The van der Waals surface area contributed by atoms with E-state index in [4.69, 9.17) is 16.9 Å². The number of anilines is 1. The number of aromatic nitrogens is 2. The number of sulfonamides is 1. The molecular formula is C14H15ClN4O2S2. The molecule has 1 aromatic carbocycles. The van der Waals surface area contributed by atoms with E-state index >= 15 is 0 Å². The van der Waals surface area contributed by atoms with Crippen molar-refractivity contribution in [2.75, 3.05) is 23.9 Å². The molecule has 1 aromatic heterocycles. The number of aryl methyl sites for hydroxylation is 1. The van der Waals surface area contributed by atoms with Gasteiger partial charge in [0.05, 0.1) is 21.9 Å². The van der Waals surface area contributed by atoms with Crippen molar-refractivity contribution in [3.05, 3.63) is 34.6 Å². The standard InChI is InChI=1S/C14H15ClN4O2S2/c1-9-5-10(15)14(12(6-9)18(2)23(4,20)21)19-8-13(22-3)11(7-16)17-19/h5-6,8H,1-4H3. The highest BCUT2D eigenvalue weighted by atomic mass is 35.5. The topological polar surface area (TPSA) is 79.0 Å². The van der Waals surface area contributed by atoms with Gasteiger partial charge in [0.2, 0.25) is 10.0 Å². The van der Waals surface area contributed by atoms with Gasteiger partial charge >= 0.3 is 0 Å². The normalized spacial score (nSPS) is 11.3. The van der Waals surface area contributed by atoms with Crippen LogP contribution in [0.5, 0.6) is 0 Å². The first kappa shape index (κ1) is 17.7. The summed E-state index contributed by atoms with van der Waals surface area (Å²) in [6, 6.07) is 5.46. The molecule has 0 aliphatic heterocycles. The third kappa shape index (κ3) is 3.47. The Morgan fingerprint density at radius 2 is 2.09 bits per heavy atom. The van der Waals surface area contributed by atoms with Crippen LogP contribution < -0.4 is 4.31 Å². The van der Waals surface area contributed by atoms with Crippen molar-refractivity contribution in [3.8, 4) is 11.8 Å². The molecule has 6 nitrogen and oxygen atoms in total. The highest BCUT2D eigenvalue weighted by Crippen LogP contribution is 2.34. The maximum atomic E-state index is 11.9. The predicted octanol–water partition coefficient (Wildman–Crippen LogP) is 2.82. The zero-order chi connectivity index (χ0) is 17.4. The first-order valence-corrected chi connectivity index (χ1v) is 9.92. The summed E-state index contributed by atoms with van der Waals surface area (Å²) in [7, 11) is -2.02. The van der Waals surface area contributed by atoms with Crippen molar-refractivity contribution in [2.45, 2.75) is 11.8 Å². The molecule has 0 atom stereocenters. The van der Waals surface area contributed by atoms with Crippen LogP contribution in [-0.4, -0.2) is 37.8 Å². The third-order valence-corrected chi connectivity index (χ3v) is 5.48. The molecule has 1 heterocycles. The van der Waals surface area contributed by atoms with E-state index in [9.17, 15) is 8.42 Å². The largest absolute Gasteiger partial charge is 0.271 e. The van der Waals surface area contributed by atoms with Gasteiger partial charge in [-0.3, -0.25) is 4.31 Å². The van der Waals surface area contributed by atoms with Crippen LogP contribution in [0.15, 0.2) is 23.2 Å². The highest BCUT2D eigenvalue weighted by molar-refractivity contribution is 7.98. The van der Waals surface area contributed by atoms with Crippen molar-refractivity contribution in [1.29, 1.82) is 5.26 Å². The van der Waals surface area contributed by atoms with Crippen LogP contribution in [0.3, 0.4) is 0 Å². The Hall–Kier alpha value is -1.69. The number of rotatable bonds is 4. The Morgan fingerprint density at radius 3 is 2.57 bits per heavy atom. The van der Waals surface area contributed by atoms with E-state index in [0.29, 0.717) is 21.3 Å². The quantitative estimate of drug-likeness (QED) is 0.773. The van der Waals surface area contributed by atoms with Crippen molar-refractivity contribution >= 4 is 39.1 Å². The van der Waals surface area contributed by atoms with Crippen LogP contribution >= 0.6 is 23.4 Å². The molecule has 0 saturated heterocycles. The minimum atomic E-state index is -3.47. The Labute approximate surface area is 144 Å². The average molecular weight is 371 g/mol. The lowest BCUT2D eigenvalue weighted by Gasteiger charge is -2.21. The number of nitrogens with zero attached hydrogens (tertiary/aromatic N) is 4. The number of nitriles is 1. The molecule has 9 heteroatoms. The van der Waals surface area contributed by atoms with Crippen LogP contribution in [0.4, 0.5) is 5.69 Å². The van der Waals surface area contributed by atoms with Crippen molar-refractivity contribution in [1.82, 2.24) is 9.78 Å². The van der Waals surface area contributed by atoms with Crippen LogP contribution in [0.2, 0.25) is 5.02 Å². The number of thioether (sulfide) groups is 1. The Balaban J connectivity index is 2.77.